The third-order valence-corrected chi connectivity index (χ3v) is 4.33. The zero-order valence-corrected chi connectivity index (χ0v) is 14.8. The highest BCUT2D eigenvalue weighted by molar-refractivity contribution is 9.11. The summed E-state index contributed by atoms with van der Waals surface area (Å²) in [7, 11) is 1.88. The second-order valence-corrected chi connectivity index (χ2v) is 6.26. The Morgan fingerprint density at radius 1 is 1.10 bits per heavy atom. The molecule has 0 fully saturated rings. The van der Waals surface area contributed by atoms with Crippen molar-refractivity contribution in [1.82, 2.24) is 9.97 Å². The van der Waals surface area contributed by atoms with E-state index >= 15 is 0 Å². The van der Waals surface area contributed by atoms with Gasteiger partial charge in [-0.1, -0.05) is 41.4 Å². The van der Waals surface area contributed by atoms with Crippen molar-refractivity contribution in [1.29, 1.82) is 0 Å². The Morgan fingerprint density at radius 3 is 2.40 bits per heavy atom. The molecule has 0 aliphatic rings. The largest absolute Gasteiger partial charge is 0.372 e. The standard InChI is InChI=1S/C15H17Br2N3/c1-3-4-12-14(17)15(18-2)20-13(19-12)9-10-5-7-11(16)8-6-10/h5-8H,3-4,9H2,1-2H3,(H,18,19,20). The Hall–Kier alpha value is -0.940. The predicted octanol–water partition coefficient (Wildman–Crippen LogP) is 4.59. The molecule has 0 aliphatic heterocycles. The monoisotopic (exact) mass is 397 g/mol. The molecule has 0 unspecified atom stereocenters. The normalized spacial score (nSPS) is 10.6. The number of halogens is 2. The zero-order valence-electron chi connectivity index (χ0n) is 11.6. The minimum atomic E-state index is 0.742. The quantitative estimate of drug-likeness (QED) is 0.800. The van der Waals surface area contributed by atoms with Crippen LogP contribution in [-0.2, 0) is 12.8 Å². The molecule has 1 N–H and O–H groups in total. The molecule has 0 saturated carbocycles. The lowest BCUT2D eigenvalue weighted by molar-refractivity contribution is 0.835. The van der Waals surface area contributed by atoms with Crippen molar-refractivity contribution in [2.45, 2.75) is 26.2 Å². The lowest BCUT2D eigenvalue weighted by Gasteiger charge is -2.10. The molecule has 20 heavy (non-hydrogen) atoms. The molecule has 0 spiro atoms. The van der Waals surface area contributed by atoms with E-state index in [1.54, 1.807) is 0 Å². The van der Waals surface area contributed by atoms with E-state index in [1.165, 1.54) is 5.56 Å². The third-order valence-electron chi connectivity index (χ3n) is 2.97. The van der Waals surface area contributed by atoms with E-state index in [0.717, 1.165) is 45.5 Å². The number of anilines is 1. The molecular weight excluding hydrogens is 382 g/mol. The van der Waals surface area contributed by atoms with Gasteiger partial charge < -0.3 is 5.32 Å². The number of rotatable bonds is 5. The average Bonchev–Trinajstić information content (AvgIpc) is 2.45. The summed E-state index contributed by atoms with van der Waals surface area (Å²) in [5.41, 5.74) is 2.28. The Morgan fingerprint density at radius 2 is 1.80 bits per heavy atom. The first-order valence-electron chi connectivity index (χ1n) is 6.61. The van der Waals surface area contributed by atoms with Gasteiger partial charge in [0.15, 0.2) is 0 Å². The summed E-state index contributed by atoms with van der Waals surface area (Å²) in [5, 5.41) is 3.12. The summed E-state index contributed by atoms with van der Waals surface area (Å²) < 4.78 is 2.06. The number of aromatic nitrogens is 2. The summed E-state index contributed by atoms with van der Waals surface area (Å²) in [6, 6.07) is 8.27. The molecule has 3 nitrogen and oxygen atoms in total. The van der Waals surface area contributed by atoms with Gasteiger partial charge in [0.2, 0.25) is 0 Å². The number of hydrogen-bond donors (Lipinski definition) is 1. The second kappa shape index (κ2) is 7.18. The summed E-state index contributed by atoms with van der Waals surface area (Å²) in [5.74, 6) is 1.71. The summed E-state index contributed by atoms with van der Waals surface area (Å²) in [6.45, 7) is 2.15. The predicted molar refractivity (Wildman–Crippen MR) is 90.2 cm³/mol. The minimum Gasteiger partial charge on any atom is -0.372 e. The Bertz CT molecular complexity index is 582. The van der Waals surface area contributed by atoms with E-state index in [0.29, 0.717) is 0 Å². The van der Waals surface area contributed by atoms with Gasteiger partial charge in [-0.15, -0.1) is 0 Å². The fourth-order valence-corrected chi connectivity index (χ4v) is 2.81. The smallest absolute Gasteiger partial charge is 0.144 e. The van der Waals surface area contributed by atoms with Crippen LogP contribution in [0.2, 0.25) is 0 Å². The number of aryl methyl sites for hydroxylation is 1. The second-order valence-electron chi connectivity index (χ2n) is 4.55. The van der Waals surface area contributed by atoms with Crippen LogP contribution in [0.4, 0.5) is 5.82 Å². The van der Waals surface area contributed by atoms with Crippen LogP contribution in [0.25, 0.3) is 0 Å². The van der Waals surface area contributed by atoms with Crippen LogP contribution in [0.3, 0.4) is 0 Å². The Labute approximate surface area is 136 Å². The topological polar surface area (TPSA) is 37.8 Å². The first-order chi connectivity index (χ1) is 9.63. The van der Waals surface area contributed by atoms with Crippen molar-refractivity contribution >= 4 is 37.7 Å². The first kappa shape index (κ1) is 15.4. The van der Waals surface area contributed by atoms with Gasteiger partial charge in [0.25, 0.3) is 0 Å². The molecule has 106 valence electrons. The first-order valence-corrected chi connectivity index (χ1v) is 8.20. The number of nitrogens with zero attached hydrogens (tertiary/aromatic N) is 2. The molecular formula is C15H17Br2N3. The molecule has 5 heteroatoms. The van der Waals surface area contributed by atoms with E-state index in [2.05, 4.69) is 66.2 Å². The molecule has 1 heterocycles. The highest BCUT2D eigenvalue weighted by atomic mass is 79.9. The maximum absolute atomic E-state index is 4.68. The van der Waals surface area contributed by atoms with Gasteiger partial charge in [-0.05, 0) is 40.0 Å². The van der Waals surface area contributed by atoms with Crippen LogP contribution in [-0.4, -0.2) is 17.0 Å². The van der Waals surface area contributed by atoms with Gasteiger partial charge in [-0.25, -0.2) is 9.97 Å². The van der Waals surface area contributed by atoms with Gasteiger partial charge in [-0.3, -0.25) is 0 Å². The van der Waals surface area contributed by atoms with Gasteiger partial charge in [0, 0.05) is 17.9 Å². The van der Waals surface area contributed by atoms with E-state index in [9.17, 15) is 0 Å². The van der Waals surface area contributed by atoms with Crippen molar-refractivity contribution in [3.8, 4) is 0 Å². The van der Waals surface area contributed by atoms with Crippen LogP contribution < -0.4 is 5.32 Å². The van der Waals surface area contributed by atoms with Gasteiger partial charge in [0.05, 0.1) is 10.2 Å². The van der Waals surface area contributed by atoms with E-state index < -0.39 is 0 Å². The van der Waals surface area contributed by atoms with E-state index in [4.69, 9.17) is 0 Å². The number of benzene rings is 1. The molecule has 2 aromatic rings. The fraction of sp³-hybridized carbons (Fsp3) is 0.333. The molecule has 0 saturated heterocycles. The number of hydrogen-bond acceptors (Lipinski definition) is 3. The fourth-order valence-electron chi connectivity index (χ4n) is 1.98. The molecule has 1 aromatic heterocycles. The van der Waals surface area contributed by atoms with Crippen LogP contribution in [0, 0.1) is 0 Å². The minimum absolute atomic E-state index is 0.742. The maximum Gasteiger partial charge on any atom is 0.144 e. The van der Waals surface area contributed by atoms with Crippen LogP contribution in [0.1, 0.15) is 30.4 Å². The Balaban J connectivity index is 2.31. The lowest BCUT2D eigenvalue weighted by atomic mass is 10.1. The van der Waals surface area contributed by atoms with E-state index in [1.807, 2.05) is 19.2 Å². The molecule has 0 aliphatic carbocycles. The van der Waals surface area contributed by atoms with E-state index in [-0.39, 0.29) is 0 Å². The SMILES string of the molecule is CCCc1nc(Cc2ccc(Br)cc2)nc(NC)c1Br. The number of nitrogens with one attached hydrogen (secondary N) is 1. The summed E-state index contributed by atoms with van der Waals surface area (Å²) in [6.07, 6.45) is 2.76. The van der Waals surface area contributed by atoms with Crippen molar-refractivity contribution in [3.63, 3.8) is 0 Å². The summed E-state index contributed by atoms with van der Waals surface area (Å²) >= 11 is 7.03. The third kappa shape index (κ3) is 3.79. The van der Waals surface area contributed by atoms with Gasteiger partial charge in [0.1, 0.15) is 11.6 Å². The van der Waals surface area contributed by atoms with Crippen molar-refractivity contribution in [2.75, 3.05) is 12.4 Å². The van der Waals surface area contributed by atoms with Gasteiger partial charge >= 0.3 is 0 Å². The van der Waals surface area contributed by atoms with Crippen LogP contribution in [0.5, 0.6) is 0 Å². The van der Waals surface area contributed by atoms with Crippen molar-refractivity contribution in [3.05, 3.63) is 50.3 Å². The van der Waals surface area contributed by atoms with Crippen molar-refractivity contribution in [2.24, 2.45) is 0 Å². The maximum atomic E-state index is 4.68. The summed E-state index contributed by atoms with van der Waals surface area (Å²) in [4.78, 5) is 9.25. The molecule has 0 bridgehead atoms. The highest BCUT2D eigenvalue weighted by Gasteiger charge is 2.11. The highest BCUT2D eigenvalue weighted by Crippen LogP contribution is 2.25. The molecule has 1 aromatic carbocycles. The molecule has 0 atom stereocenters. The van der Waals surface area contributed by atoms with Crippen LogP contribution >= 0.6 is 31.9 Å². The molecule has 0 radical (unpaired) electrons. The van der Waals surface area contributed by atoms with Crippen molar-refractivity contribution < 1.29 is 0 Å². The average molecular weight is 399 g/mol. The lowest BCUT2D eigenvalue weighted by Crippen LogP contribution is -2.06. The van der Waals surface area contributed by atoms with Gasteiger partial charge in [-0.2, -0.15) is 0 Å². The molecule has 2 rings (SSSR count). The molecule has 0 amide bonds. The Kier molecular flexibility index (Phi) is 5.54. The van der Waals surface area contributed by atoms with Crippen LogP contribution in [0.15, 0.2) is 33.2 Å². The zero-order chi connectivity index (χ0) is 14.5.